The van der Waals surface area contributed by atoms with Gasteiger partial charge in [0.2, 0.25) is 5.91 Å². The highest BCUT2D eigenvalue weighted by atomic mass is 16.5. The molecule has 30 heavy (non-hydrogen) atoms. The smallest absolute Gasteiger partial charge is 0.225 e. The Kier molecular flexibility index (Phi) is 6.18. The number of rotatable bonds is 7. The number of hydrogen-bond acceptors (Lipinski definition) is 6. The second-order valence-corrected chi connectivity index (χ2v) is 8.06. The molecule has 2 fully saturated rings. The molecule has 1 saturated carbocycles. The number of anilines is 1. The standard InChI is InChI=1S/C23H30N4O3/c1-16-24-21(15-29-2)20(14-17-4-8-19(30-3)9-5-17)22(25-16)26-10-12-27(13-11-26)23(28)18-6-7-18/h4-5,8-9,18H,6-7,10-15H2,1-3H3. The van der Waals surface area contributed by atoms with Gasteiger partial charge < -0.3 is 19.3 Å². The van der Waals surface area contributed by atoms with Crippen LogP contribution >= 0.6 is 0 Å². The van der Waals surface area contributed by atoms with Crippen LogP contribution in [-0.2, 0) is 22.6 Å². The normalized spacial score (nSPS) is 16.6. The summed E-state index contributed by atoms with van der Waals surface area (Å²) in [7, 11) is 3.36. The third-order valence-corrected chi connectivity index (χ3v) is 5.82. The van der Waals surface area contributed by atoms with Gasteiger partial charge in [0, 0.05) is 51.2 Å². The number of nitrogens with zero attached hydrogens (tertiary/aromatic N) is 4. The van der Waals surface area contributed by atoms with Crippen LogP contribution in [0.5, 0.6) is 5.75 Å². The van der Waals surface area contributed by atoms with Crippen LogP contribution in [0.15, 0.2) is 24.3 Å². The Bertz CT molecular complexity index is 888. The average molecular weight is 411 g/mol. The van der Waals surface area contributed by atoms with Gasteiger partial charge in [0.15, 0.2) is 0 Å². The van der Waals surface area contributed by atoms with E-state index in [1.807, 2.05) is 24.0 Å². The summed E-state index contributed by atoms with van der Waals surface area (Å²) in [5.74, 6) is 3.15. The number of benzene rings is 1. The van der Waals surface area contributed by atoms with Gasteiger partial charge in [-0.3, -0.25) is 4.79 Å². The van der Waals surface area contributed by atoms with Gasteiger partial charge in [-0.25, -0.2) is 9.97 Å². The fraction of sp³-hybridized carbons (Fsp3) is 0.522. The van der Waals surface area contributed by atoms with Crippen molar-refractivity contribution < 1.29 is 14.3 Å². The summed E-state index contributed by atoms with van der Waals surface area (Å²) in [5.41, 5.74) is 3.19. The van der Waals surface area contributed by atoms with E-state index in [2.05, 4.69) is 22.0 Å². The largest absolute Gasteiger partial charge is 0.497 e. The third kappa shape index (κ3) is 4.56. The molecule has 1 aliphatic carbocycles. The molecule has 0 atom stereocenters. The Morgan fingerprint density at radius 1 is 1.07 bits per heavy atom. The zero-order valence-electron chi connectivity index (χ0n) is 18.1. The van der Waals surface area contributed by atoms with E-state index in [9.17, 15) is 4.79 Å². The highest BCUT2D eigenvalue weighted by molar-refractivity contribution is 5.81. The van der Waals surface area contributed by atoms with Crippen molar-refractivity contribution in [1.29, 1.82) is 0 Å². The Morgan fingerprint density at radius 2 is 1.77 bits per heavy atom. The Labute approximate surface area is 178 Å². The van der Waals surface area contributed by atoms with E-state index in [4.69, 9.17) is 14.5 Å². The van der Waals surface area contributed by atoms with Crippen LogP contribution in [0.25, 0.3) is 0 Å². The van der Waals surface area contributed by atoms with Crippen LogP contribution in [0.3, 0.4) is 0 Å². The maximum absolute atomic E-state index is 12.4. The van der Waals surface area contributed by atoms with Crippen molar-refractivity contribution in [2.45, 2.75) is 32.8 Å². The molecule has 1 amide bonds. The van der Waals surface area contributed by atoms with E-state index in [0.29, 0.717) is 12.5 Å². The summed E-state index contributed by atoms with van der Waals surface area (Å²) >= 11 is 0. The first-order chi connectivity index (χ1) is 14.6. The molecule has 0 spiro atoms. The minimum absolute atomic E-state index is 0.275. The first kappa shape index (κ1) is 20.6. The number of piperazine rings is 1. The Hall–Kier alpha value is -2.67. The summed E-state index contributed by atoms with van der Waals surface area (Å²) < 4.78 is 10.7. The van der Waals surface area contributed by atoms with Crippen LogP contribution in [0.4, 0.5) is 5.82 Å². The van der Waals surface area contributed by atoms with E-state index in [1.54, 1.807) is 14.2 Å². The quantitative estimate of drug-likeness (QED) is 0.699. The van der Waals surface area contributed by atoms with E-state index < -0.39 is 0 Å². The third-order valence-electron chi connectivity index (χ3n) is 5.82. The van der Waals surface area contributed by atoms with Gasteiger partial charge in [0.05, 0.1) is 19.4 Å². The lowest BCUT2D eigenvalue weighted by Gasteiger charge is -2.36. The van der Waals surface area contributed by atoms with Crippen LogP contribution in [0.1, 0.15) is 35.5 Å². The minimum atomic E-state index is 0.275. The van der Waals surface area contributed by atoms with E-state index in [-0.39, 0.29) is 5.92 Å². The van der Waals surface area contributed by atoms with Crippen molar-refractivity contribution >= 4 is 11.7 Å². The van der Waals surface area contributed by atoms with Crippen molar-refractivity contribution in [3.8, 4) is 5.75 Å². The van der Waals surface area contributed by atoms with Crippen molar-refractivity contribution in [2.75, 3.05) is 45.3 Å². The van der Waals surface area contributed by atoms with Gasteiger partial charge in [-0.05, 0) is 37.5 Å². The fourth-order valence-electron chi connectivity index (χ4n) is 4.01. The van der Waals surface area contributed by atoms with Crippen LogP contribution in [-0.4, -0.2) is 61.2 Å². The number of hydrogen-bond donors (Lipinski definition) is 0. The van der Waals surface area contributed by atoms with Crippen molar-refractivity contribution in [3.63, 3.8) is 0 Å². The molecule has 2 aromatic rings. The topological polar surface area (TPSA) is 67.8 Å². The van der Waals surface area contributed by atoms with E-state index >= 15 is 0 Å². The molecule has 0 unspecified atom stereocenters. The molecule has 2 heterocycles. The molecule has 0 radical (unpaired) electrons. The Morgan fingerprint density at radius 3 is 2.37 bits per heavy atom. The van der Waals surface area contributed by atoms with E-state index in [0.717, 1.165) is 74.1 Å². The number of ether oxygens (including phenoxy) is 2. The summed E-state index contributed by atoms with van der Waals surface area (Å²) in [6, 6.07) is 8.10. The molecular formula is C23H30N4O3. The summed E-state index contributed by atoms with van der Waals surface area (Å²) in [6.07, 6.45) is 2.83. The molecule has 4 rings (SSSR count). The highest BCUT2D eigenvalue weighted by Gasteiger charge is 2.35. The maximum atomic E-state index is 12.4. The molecular weight excluding hydrogens is 380 g/mol. The van der Waals surface area contributed by atoms with Gasteiger partial charge in [0.25, 0.3) is 0 Å². The summed E-state index contributed by atoms with van der Waals surface area (Å²) in [5, 5.41) is 0. The maximum Gasteiger partial charge on any atom is 0.225 e. The number of amides is 1. The number of methoxy groups -OCH3 is 2. The van der Waals surface area contributed by atoms with Gasteiger partial charge in [-0.1, -0.05) is 12.1 Å². The molecule has 1 aromatic carbocycles. The minimum Gasteiger partial charge on any atom is -0.497 e. The predicted octanol–water partition coefficient (Wildman–Crippen LogP) is 2.59. The van der Waals surface area contributed by atoms with Gasteiger partial charge in [0.1, 0.15) is 17.4 Å². The zero-order chi connectivity index (χ0) is 21.1. The average Bonchev–Trinajstić information content (AvgIpc) is 3.61. The fourth-order valence-corrected chi connectivity index (χ4v) is 4.01. The molecule has 7 nitrogen and oxygen atoms in total. The Balaban J connectivity index is 1.58. The second kappa shape index (κ2) is 9.00. The zero-order valence-corrected chi connectivity index (χ0v) is 18.1. The number of carbonyl (C=O) groups is 1. The lowest BCUT2D eigenvalue weighted by Crippen LogP contribution is -2.49. The summed E-state index contributed by atoms with van der Waals surface area (Å²) in [6.45, 7) is 5.45. The van der Waals surface area contributed by atoms with E-state index in [1.165, 1.54) is 5.56 Å². The predicted molar refractivity (Wildman–Crippen MR) is 115 cm³/mol. The lowest BCUT2D eigenvalue weighted by molar-refractivity contribution is -0.132. The van der Waals surface area contributed by atoms with Gasteiger partial charge in [-0.2, -0.15) is 0 Å². The molecule has 0 bridgehead atoms. The van der Waals surface area contributed by atoms with Gasteiger partial charge >= 0.3 is 0 Å². The molecule has 7 heteroatoms. The second-order valence-electron chi connectivity index (χ2n) is 8.06. The molecule has 160 valence electrons. The lowest BCUT2D eigenvalue weighted by atomic mass is 10.0. The molecule has 1 aliphatic heterocycles. The number of aryl methyl sites for hydroxylation is 1. The number of aromatic nitrogens is 2. The first-order valence-corrected chi connectivity index (χ1v) is 10.6. The van der Waals surface area contributed by atoms with Crippen LogP contribution < -0.4 is 9.64 Å². The monoisotopic (exact) mass is 410 g/mol. The molecule has 1 aromatic heterocycles. The van der Waals surface area contributed by atoms with Crippen molar-refractivity contribution in [2.24, 2.45) is 5.92 Å². The molecule has 2 aliphatic rings. The first-order valence-electron chi connectivity index (χ1n) is 10.6. The molecule has 1 saturated heterocycles. The summed E-state index contributed by atoms with van der Waals surface area (Å²) in [4.78, 5) is 26.2. The SMILES string of the molecule is COCc1nc(C)nc(N2CCN(C(=O)C3CC3)CC2)c1Cc1ccc(OC)cc1. The van der Waals surface area contributed by atoms with Crippen LogP contribution in [0, 0.1) is 12.8 Å². The van der Waals surface area contributed by atoms with Crippen LogP contribution in [0.2, 0.25) is 0 Å². The van der Waals surface area contributed by atoms with Crippen molar-refractivity contribution in [1.82, 2.24) is 14.9 Å². The number of carbonyl (C=O) groups excluding carboxylic acids is 1. The van der Waals surface area contributed by atoms with Crippen molar-refractivity contribution in [3.05, 3.63) is 46.9 Å². The molecule has 0 N–H and O–H groups in total. The van der Waals surface area contributed by atoms with Gasteiger partial charge in [-0.15, -0.1) is 0 Å². The highest BCUT2D eigenvalue weighted by Crippen LogP contribution is 2.32.